The third-order valence-electron chi connectivity index (χ3n) is 8.23. The number of carbonyl (C=O) groups excluding carboxylic acids is 2. The van der Waals surface area contributed by atoms with E-state index in [0.29, 0.717) is 18.1 Å². The Labute approximate surface area is 281 Å². The maximum atomic E-state index is 12.4. The van der Waals surface area contributed by atoms with Gasteiger partial charge in [-0.3, -0.25) is 0 Å². The normalized spacial score (nSPS) is 15.7. The van der Waals surface area contributed by atoms with Crippen LogP contribution in [0.25, 0.3) is 0 Å². The van der Waals surface area contributed by atoms with Crippen LogP contribution < -0.4 is 39.2 Å². The molecule has 8 nitrogen and oxygen atoms in total. The van der Waals surface area contributed by atoms with Crippen LogP contribution in [0.15, 0.2) is 12.3 Å². The first-order valence-electron chi connectivity index (χ1n) is 16.6. The Morgan fingerprint density at radius 3 is 1.88 bits per heavy atom. The van der Waals surface area contributed by atoms with E-state index in [1.54, 1.807) is 0 Å². The van der Waals surface area contributed by atoms with Crippen LogP contribution in [0.3, 0.4) is 0 Å². The second-order valence-electron chi connectivity index (χ2n) is 11.6. The zero-order chi connectivity index (χ0) is 30.4. The van der Waals surface area contributed by atoms with Gasteiger partial charge in [-0.1, -0.05) is 114 Å². The van der Waals surface area contributed by atoms with E-state index in [1.807, 2.05) is 19.2 Å². The Morgan fingerprint density at radius 2 is 1.40 bits per heavy atom. The summed E-state index contributed by atoms with van der Waals surface area (Å²) in [6, 6.07) is 1.96. The molecule has 2 amide bonds. The molecule has 0 radical (unpaired) electrons. The SMILES string of the molecule is CCCCCCCCCCCCCCCCCCNC(=O)OCc1cc[n+](CC)c(CNC(=O)OC)c1C1C[S+]([O-])C1.[I-]. The summed E-state index contributed by atoms with van der Waals surface area (Å²) in [7, 11) is 1.34. The molecular formula is C33H58IN3O5S. The highest BCUT2D eigenvalue weighted by Crippen LogP contribution is 2.33. The number of hydrogen-bond acceptors (Lipinski definition) is 5. The van der Waals surface area contributed by atoms with Gasteiger partial charge in [0.15, 0.2) is 6.20 Å². The monoisotopic (exact) mass is 735 g/mol. The van der Waals surface area contributed by atoms with Gasteiger partial charge in [0.25, 0.3) is 0 Å². The predicted molar refractivity (Wildman–Crippen MR) is 170 cm³/mol. The molecule has 248 valence electrons. The second kappa shape index (κ2) is 25.0. The van der Waals surface area contributed by atoms with Gasteiger partial charge < -0.3 is 48.6 Å². The number of hydrogen-bond donors (Lipinski definition) is 2. The van der Waals surface area contributed by atoms with E-state index in [2.05, 4.69) is 22.1 Å². The van der Waals surface area contributed by atoms with Gasteiger partial charge in [-0.15, -0.1) is 0 Å². The fourth-order valence-electron chi connectivity index (χ4n) is 5.67. The van der Waals surface area contributed by atoms with Gasteiger partial charge in [-0.25, -0.2) is 14.2 Å². The number of rotatable bonds is 23. The summed E-state index contributed by atoms with van der Waals surface area (Å²) < 4.78 is 24.3. The highest BCUT2D eigenvalue weighted by Gasteiger charge is 2.39. The van der Waals surface area contributed by atoms with Crippen LogP contribution in [0.4, 0.5) is 9.59 Å². The standard InChI is InChI=1S/C33H57N3O5S.HI/c1-4-6-7-8-9-10-11-12-13-14-15-16-17-18-19-20-22-34-33(38)41-25-28-21-23-36(5-2)30(24-35-32(37)40-3)31(28)29-26-42(39)27-29;/h21,23,29H,4-20,22,24-27H2,1-3H3,(H-,34,35,37,38);1H. The van der Waals surface area contributed by atoms with Crippen molar-refractivity contribution in [3.05, 3.63) is 29.1 Å². The molecule has 2 rings (SSSR count). The Bertz CT molecular complexity index is 902. The molecule has 1 saturated heterocycles. The lowest BCUT2D eigenvalue weighted by molar-refractivity contribution is -0.701. The highest BCUT2D eigenvalue weighted by atomic mass is 127. The molecule has 0 aliphatic carbocycles. The molecule has 2 heterocycles. The van der Waals surface area contributed by atoms with E-state index in [0.717, 1.165) is 36.2 Å². The minimum absolute atomic E-state index is 0. The molecule has 0 saturated carbocycles. The van der Waals surface area contributed by atoms with Crippen molar-refractivity contribution >= 4 is 23.4 Å². The Morgan fingerprint density at radius 1 is 0.860 bits per heavy atom. The third kappa shape index (κ3) is 16.6. The Kier molecular flexibility index (Phi) is 23.1. The first-order valence-corrected chi connectivity index (χ1v) is 18.1. The number of carbonyl (C=O) groups is 2. The maximum absolute atomic E-state index is 12.4. The zero-order valence-electron chi connectivity index (χ0n) is 27.1. The van der Waals surface area contributed by atoms with E-state index < -0.39 is 23.4 Å². The van der Waals surface area contributed by atoms with Crippen LogP contribution in [0.1, 0.15) is 139 Å². The molecule has 0 atom stereocenters. The van der Waals surface area contributed by atoms with Crippen molar-refractivity contribution < 1.29 is 52.2 Å². The zero-order valence-corrected chi connectivity index (χ0v) is 30.0. The number of ether oxygens (including phenoxy) is 2. The number of pyridine rings is 1. The van der Waals surface area contributed by atoms with Crippen molar-refractivity contribution in [3.8, 4) is 0 Å². The van der Waals surface area contributed by atoms with Crippen molar-refractivity contribution in [1.82, 2.24) is 10.6 Å². The summed E-state index contributed by atoms with van der Waals surface area (Å²) >= 11 is -0.830. The molecule has 2 N–H and O–H groups in total. The number of aromatic nitrogens is 1. The van der Waals surface area contributed by atoms with E-state index in [-0.39, 0.29) is 43.0 Å². The van der Waals surface area contributed by atoms with Crippen molar-refractivity contribution in [1.29, 1.82) is 0 Å². The largest absolute Gasteiger partial charge is 1.00 e. The van der Waals surface area contributed by atoms with Crippen LogP contribution in [0, 0.1) is 0 Å². The Hall–Kier alpha value is -1.27. The minimum Gasteiger partial charge on any atom is -1.00 e. The molecule has 10 heteroatoms. The Balaban J connectivity index is 0.00000924. The average molecular weight is 736 g/mol. The third-order valence-corrected chi connectivity index (χ3v) is 9.77. The van der Waals surface area contributed by atoms with Crippen LogP contribution in [-0.2, 0) is 40.3 Å². The fourth-order valence-corrected chi connectivity index (χ4v) is 6.80. The van der Waals surface area contributed by atoms with Crippen molar-refractivity contribution in [2.75, 3.05) is 25.2 Å². The first kappa shape index (κ1) is 39.8. The summed E-state index contributed by atoms with van der Waals surface area (Å²) in [5.41, 5.74) is 2.83. The van der Waals surface area contributed by atoms with Crippen molar-refractivity contribution in [2.24, 2.45) is 0 Å². The van der Waals surface area contributed by atoms with Crippen molar-refractivity contribution in [3.63, 3.8) is 0 Å². The quantitative estimate of drug-likeness (QED) is 0.0761. The summed E-state index contributed by atoms with van der Waals surface area (Å²) in [6.07, 6.45) is 22.2. The lowest BCUT2D eigenvalue weighted by Crippen LogP contribution is -3.00. The van der Waals surface area contributed by atoms with Gasteiger partial charge in [0.2, 0.25) is 5.69 Å². The number of halogens is 1. The van der Waals surface area contributed by atoms with Crippen LogP contribution in [0.5, 0.6) is 0 Å². The lowest BCUT2D eigenvalue weighted by atomic mass is 9.94. The van der Waals surface area contributed by atoms with Crippen LogP contribution in [-0.4, -0.2) is 41.9 Å². The summed E-state index contributed by atoms with van der Waals surface area (Å²) in [5, 5.41) is 5.65. The average Bonchev–Trinajstić information content (AvgIpc) is 2.98. The van der Waals surface area contributed by atoms with E-state index in [1.165, 1.54) is 97.0 Å². The van der Waals surface area contributed by atoms with Crippen molar-refractivity contribution in [2.45, 2.75) is 142 Å². The molecule has 1 fully saturated rings. The van der Waals surface area contributed by atoms with E-state index in [9.17, 15) is 14.1 Å². The second-order valence-corrected chi connectivity index (χ2v) is 13.2. The number of unbranched alkanes of at least 4 members (excludes halogenated alkanes) is 15. The van der Waals surface area contributed by atoms with Gasteiger partial charge >= 0.3 is 12.2 Å². The molecule has 43 heavy (non-hydrogen) atoms. The first-order chi connectivity index (χ1) is 20.5. The molecule has 0 spiro atoms. The van der Waals surface area contributed by atoms with Gasteiger partial charge in [-0.05, 0) is 13.3 Å². The lowest BCUT2D eigenvalue weighted by Gasteiger charge is -2.30. The molecule has 1 aromatic rings. The molecule has 0 aromatic carbocycles. The number of nitrogens with one attached hydrogen (secondary N) is 2. The number of nitrogens with zero attached hydrogens (tertiary/aromatic N) is 1. The van der Waals surface area contributed by atoms with Gasteiger partial charge in [-0.2, -0.15) is 0 Å². The number of methoxy groups -OCH3 is 1. The molecular weight excluding hydrogens is 677 g/mol. The van der Waals surface area contributed by atoms with Gasteiger partial charge in [0.05, 0.1) is 13.0 Å². The van der Waals surface area contributed by atoms with Gasteiger partial charge in [0.1, 0.15) is 31.2 Å². The molecule has 0 unspecified atom stereocenters. The molecule has 1 aliphatic heterocycles. The predicted octanol–water partition coefficient (Wildman–Crippen LogP) is 4.19. The molecule has 1 aliphatic rings. The molecule has 0 bridgehead atoms. The van der Waals surface area contributed by atoms with E-state index in [4.69, 9.17) is 9.47 Å². The summed E-state index contributed by atoms with van der Waals surface area (Å²) in [5.74, 6) is 1.28. The minimum atomic E-state index is -0.830. The summed E-state index contributed by atoms with van der Waals surface area (Å²) in [6.45, 7) is 6.08. The van der Waals surface area contributed by atoms with Crippen LogP contribution >= 0.6 is 0 Å². The van der Waals surface area contributed by atoms with Gasteiger partial charge in [0, 0.05) is 23.7 Å². The number of alkyl carbamates (subject to hydrolysis) is 2. The fraction of sp³-hybridized carbons (Fsp3) is 0.788. The van der Waals surface area contributed by atoms with Crippen LogP contribution in [0.2, 0.25) is 0 Å². The molecule has 1 aromatic heterocycles. The van der Waals surface area contributed by atoms with E-state index >= 15 is 0 Å². The number of amides is 2. The smallest absolute Gasteiger partial charge is 0.407 e. The maximum Gasteiger partial charge on any atom is 0.407 e. The highest BCUT2D eigenvalue weighted by molar-refractivity contribution is 7.92. The topological polar surface area (TPSA) is 104 Å². The number of aryl methyl sites for hydroxylation is 1. The summed E-state index contributed by atoms with van der Waals surface area (Å²) in [4.78, 5) is 24.1.